The number of anilines is 1. The second kappa shape index (κ2) is 7.49. The molecule has 1 amide bonds. The highest BCUT2D eigenvalue weighted by Gasteiger charge is 2.24. The fraction of sp³-hybridized carbons (Fsp3) is 0.300. The minimum atomic E-state index is -0.0457. The van der Waals surface area contributed by atoms with E-state index in [1.54, 1.807) is 7.11 Å². The largest absolute Gasteiger partial charge is 0.497 e. The molecule has 125 valence electrons. The number of benzene rings is 2. The van der Waals surface area contributed by atoms with Gasteiger partial charge in [0.25, 0.3) is 0 Å². The summed E-state index contributed by atoms with van der Waals surface area (Å²) >= 11 is 0. The van der Waals surface area contributed by atoms with E-state index in [0.717, 1.165) is 24.4 Å². The zero-order chi connectivity index (χ0) is 16.9. The van der Waals surface area contributed by atoms with Gasteiger partial charge < -0.3 is 15.4 Å². The van der Waals surface area contributed by atoms with E-state index in [-0.39, 0.29) is 11.9 Å². The van der Waals surface area contributed by atoms with E-state index in [4.69, 9.17) is 4.74 Å². The molecular weight excluding hydrogens is 300 g/mol. The maximum absolute atomic E-state index is 11.3. The van der Waals surface area contributed by atoms with Crippen LogP contribution in [0.2, 0.25) is 0 Å². The van der Waals surface area contributed by atoms with Gasteiger partial charge in [0.1, 0.15) is 5.75 Å². The molecule has 1 radical (unpaired) electrons. The number of ether oxygens (including phenoxy) is 1. The Bertz CT molecular complexity index is 714. The van der Waals surface area contributed by atoms with Crippen LogP contribution in [-0.4, -0.2) is 19.6 Å². The number of hydrogen-bond donors (Lipinski definition) is 2. The summed E-state index contributed by atoms with van der Waals surface area (Å²) in [6.07, 6.45) is 3.38. The van der Waals surface area contributed by atoms with Gasteiger partial charge in [-0.25, -0.2) is 0 Å². The SMILES string of the molecule is COc1cccc(C2[CH]C(c3cccc(NC(C)=O)c3)CCN2)c1. The molecule has 4 nitrogen and oxygen atoms in total. The first kappa shape index (κ1) is 16.5. The Morgan fingerprint density at radius 2 is 1.96 bits per heavy atom. The lowest BCUT2D eigenvalue weighted by Crippen LogP contribution is -2.31. The molecule has 0 saturated carbocycles. The second-order valence-corrected chi connectivity index (χ2v) is 6.10. The average molecular weight is 323 g/mol. The van der Waals surface area contributed by atoms with Gasteiger partial charge in [0.15, 0.2) is 0 Å². The van der Waals surface area contributed by atoms with Crippen molar-refractivity contribution in [2.24, 2.45) is 0 Å². The number of methoxy groups -OCH3 is 1. The monoisotopic (exact) mass is 323 g/mol. The van der Waals surface area contributed by atoms with Crippen LogP contribution in [0.1, 0.15) is 36.4 Å². The van der Waals surface area contributed by atoms with Crippen LogP contribution in [0.15, 0.2) is 48.5 Å². The minimum Gasteiger partial charge on any atom is -0.497 e. The molecule has 0 spiro atoms. The van der Waals surface area contributed by atoms with Crippen LogP contribution in [0.5, 0.6) is 5.75 Å². The van der Waals surface area contributed by atoms with Crippen molar-refractivity contribution in [3.63, 3.8) is 0 Å². The van der Waals surface area contributed by atoms with E-state index in [2.05, 4.69) is 41.3 Å². The van der Waals surface area contributed by atoms with Gasteiger partial charge in [-0.2, -0.15) is 0 Å². The number of hydrogen-bond acceptors (Lipinski definition) is 3. The van der Waals surface area contributed by atoms with Crippen molar-refractivity contribution in [3.8, 4) is 5.75 Å². The summed E-state index contributed by atoms with van der Waals surface area (Å²) in [4.78, 5) is 11.3. The molecule has 1 aliphatic heterocycles. The quantitative estimate of drug-likeness (QED) is 0.902. The maximum atomic E-state index is 11.3. The zero-order valence-electron chi connectivity index (χ0n) is 14.1. The van der Waals surface area contributed by atoms with E-state index in [9.17, 15) is 4.79 Å². The molecule has 0 aromatic heterocycles. The number of carbonyl (C=O) groups is 1. The van der Waals surface area contributed by atoms with E-state index in [1.165, 1.54) is 18.1 Å². The molecule has 3 rings (SSSR count). The van der Waals surface area contributed by atoms with Gasteiger partial charge in [-0.15, -0.1) is 0 Å². The molecule has 2 aromatic rings. The Labute approximate surface area is 143 Å². The Balaban J connectivity index is 1.76. The lowest BCUT2D eigenvalue weighted by atomic mass is 9.84. The van der Waals surface area contributed by atoms with E-state index >= 15 is 0 Å². The van der Waals surface area contributed by atoms with Gasteiger partial charge in [0.05, 0.1) is 7.11 Å². The maximum Gasteiger partial charge on any atom is 0.221 e. The fourth-order valence-corrected chi connectivity index (χ4v) is 3.18. The van der Waals surface area contributed by atoms with Crippen LogP contribution in [-0.2, 0) is 4.79 Å². The summed E-state index contributed by atoms with van der Waals surface area (Å²) < 4.78 is 5.33. The summed E-state index contributed by atoms with van der Waals surface area (Å²) in [5.74, 6) is 1.18. The number of piperidine rings is 1. The third kappa shape index (κ3) is 3.95. The van der Waals surface area contributed by atoms with Crippen LogP contribution in [0.3, 0.4) is 0 Å². The predicted molar refractivity (Wildman–Crippen MR) is 96.1 cm³/mol. The molecule has 2 unspecified atom stereocenters. The minimum absolute atomic E-state index is 0.0457. The topological polar surface area (TPSA) is 50.4 Å². The molecule has 1 aliphatic rings. The highest BCUT2D eigenvalue weighted by atomic mass is 16.5. The highest BCUT2D eigenvalue weighted by Crippen LogP contribution is 2.34. The Morgan fingerprint density at radius 3 is 2.75 bits per heavy atom. The van der Waals surface area contributed by atoms with Crippen molar-refractivity contribution in [1.82, 2.24) is 5.32 Å². The molecule has 24 heavy (non-hydrogen) atoms. The Hall–Kier alpha value is -2.33. The zero-order valence-corrected chi connectivity index (χ0v) is 14.1. The van der Waals surface area contributed by atoms with Gasteiger partial charge in [0.2, 0.25) is 5.91 Å². The standard InChI is InChI=1S/C20H23N2O2/c1-14(23)22-18-7-3-5-15(11-18)16-9-10-21-20(13-16)17-6-4-8-19(12-17)24-2/h3-8,11-13,16,20-21H,9-10H2,1-2H3,(H,22,23). The van der Waals surface area contributed by atoms with Crippen LogP contribution < -0.4 is 15.4 Å². The van der Waals surface area contributed by atoms with Crippen molar-refractivity contribution in [3.05, 3.63) is 66.1 Å². The smallest absolute Gasteiger partial charge is 0.221 e. The first-order chi connectivity index (χ1) is 11.7. The first-order valence-corrected chi connectivity index (χ1v) is 8.25. The second-order valence-electron chi connectivity index (χ2n) is 6.10. The lowest BCUT2D eigenvalue weighted by molar-refractivity contribution is -0.114. The van der Waals surface area contributed by atoms with Gasteiger partial charge in [0, 0.05) is 18.7 Å². The molecule has 1 saturated heterocycles. The average Bonchev–Trinajstić information content (AvgIpc) is 2.61. The van der Waals surface area contributed by atoms with Crippen LogP contribution in [0, 0.1) is 6.42 Å². The summed E-state index contributed by atoms with van der Waals surface area (Å²) in [5, 5.41) is 6.41. The number of amides is 1. The van der Waals surface area contributed by atoms with Crippen molar-refractivity contribution >= 4 is 11.6 Å². The molecular formula is C20H23N2O2. The normalized spacial score (nSPS) is 20.4. The van der Waals surface area contributed by atoms with Gasteiger partial charge in [-0.1, -0.05) is 24.3 Å². The fourth-order valence-electron chi connectivity index (χ4n) is 3.18. The molecule has 2 N–H and O–H groups in total. The van der Waals surface area contributed by atoms with Crippen LogP contribution in [0.4, 0.5) is 5.69 Å². The van der Waals surface area contributed by atoms with E-state index in [0.29, 0.717) is 5.92 Å². The third-order valence-electron chi connectivity index (χ3n) is 4.33. The molecule has 1 fully saturated rings. The first-order valence-electron chi connectivity index (χ1n) is 8.25. The molecule has 0 bridgehead atoms. The van der Waals surface area contributed by atoms with Crippen molar-refractivity contribution in [1.29, 1.82) is 0 Å². The predicted octanol–water partition coefficient (Wildman–Crippen LogP) is 3.68. The molecule has 4 heteroatoms. The molecule has 1 heterocycles. The molecule has 2 atom stereocenters. The van der Waals surface area contributed by atoms with E-state index in [1.807, 2.05) is 24.3 Å². The summed E-state index contributed by atoms with van der Waals surface area (Å²) in [5.41, 5.74) is 3.29. The van der Waals surface area contributed by atoms with E-state index < -0.39 is 0 Å². The van der Waals surface area contributed by atoms with Crippen molar-refractivity contribution in [2.75, 3.05) is 19.0 Å². The van der Waals surface area contributed by atoms with Crippen molar-refractivity contribution < 1.29 is 9.53 Å². The summed E-state index contributed by atoms with van der Waals surface area (Å²) in [6, 6.07) is 16.5. The van der Waals surface area contributed by atoms with Crippen LogP contribution >= 0.6 is 0 Å². The highest BCUT2D eigenvalue weighted by molar-refractivity contribution is 5.88. The van der Waals surface area contributed by atoms with Gasteiger partial charge in [-0.3, -0.25) is 4.79 Å². The summed E-state index contributed by atoms with van der Waals surface area (Å²) in [7, 11) is 1.69. The summed E-state index contributed by atoms with van der Waals surface area (Å²) in [6.45, 7) is 2.48. The number of carbonyl (C=O) groups excluding carboxylic acids is 1. The molecule has 0 aliphatic carbocycles. The van der Waals surface area contributed by atoms with Gasteiger partial charge >= 0.3 is 0 Å². The van der Waals surface area contributed by atoms with Crippen LogP contribution in [0.25, 0.3) is 0 Å². The number of rotatable bonds is 4. The third-order valence-corrected chi connectivity index (χ3v) is 4.33. The Kier molecular flexibility index (Phi) is 5.16. The van der Waals surface area contributed by atoms with Crippen molar-refractivity contribution in [2.45, 2.75) is 25.3 Å². The molecule has 2 aromatic carbocycles. The number of nitrogens with one attached hydrogen (secondary N) is 2. The Morgan fingerprint density at radius 1 is 1.17 bits per heavy atom. The lowest BCUT2D eigenvalue weighted by Gasteiger charge is -2.31. The van der Waals surface area contributed by atoms with Gasteiger partial charge in [-0.05, 0) is 60.7 Å².